The second-order valence-corrected chi connectivity index (χ2v) is 6.82. The molecule has 150 valence electrons. The summed E-state index contributed by atoms with van der Waals surface area (Å²) in [6, 6.07) is 21.4. The number of halogens is 1. The van der Waals surface area contributed by atoms with Gasteiger partial charge in [0.25, 0.3) is 5.91 Å². The van der Waals surface area contributed by atoms with Crippen molar-refractivity contribution in [2.75, 3.05) is 5.32 Å². The van der Waals surface area contributed by atoms with E-state index in [1.807, 2.05) is 43.3 Å². The van der Waals surface area contributed by atoms with Gasteiger partial charge >= 0.3 is 0 Å². The molecule has 0 aliphatic heterocycles. The van der Waals surface area contributed by atoms with E-state index in [-0.39, 0.29) is 18.3 Å². The fraction of sp³-hybridized carbons (Fsp3) is 0.208. The summed E-state index contributed by atoms with van der Waals surface area (Å²) >= 11 is 0. The highest BCUT2D eigenvalue weighted by atomic mass is 19.1. The van der Waals surface area contributed by atoms with Gasteiger partial charge in [0.05, 0.1) is 6.61 Å². The quantitative estimate of drug-likeness (QED) is 0.568. The lowest BCUT2D eigenvalue weighted by Gasteiger charge is -2.15. The smallest absolute Gasteiger partial charge is 0.253 e. The van der Waals surface area contributed by atoms with Crippen LogP contribution in [0, 0.1) is 12.7 Å². The summed E-state index contributed by atoms with van der Waals surface area (Å²) < 4.78 is 24.6. The van der Waals surface area contributed by atoms with Crippen molar-refractivity contribution in [3.63, 3.8) is 0 Å². The van der Waals surface area contributed by atoms with Gasteiger partial charge in [-0.1, -0.05) is 42.5 Å². The molecule has 1 N–H and O–H groups in total. The van der Waals surface area contributed by atoms with Gasteiger partial charge in [0.1, 0.15) is 24.3 Å². The van der Waals surface area contributed by atoms with Crippen LogP contribution in [0.2, 0.25) is 0 Å². The van der Waals surface area contributed by atoms with E-state index < -0.39 is 6.10 Å². The average Bonchev–Trinajstić information content (AvgIpc) is 2.73. The predicted molar refractivity (Wildman–Crippen MR) is 111 cm³/mol. The van der Waals surface area contributed by atoms with E-state index in [1.165, 1.54) is 12.1 Å². The molecule has 0 saturated heterocycles. The van der Waals surface area contributed by atoms with Crippen molar-refractivity contribution >= 4 is 11.6 Å². The van der Waals surface area contributed by atoms with Crippen molar-refractivity contribution in [2.24, 2.45) is 0 Å². The molecule has 3 rings (SSSR count). The van der Waals surface area contributed by atoms with E-state index in [1.54, 1.807) is 31.2 Å². The van der Waals surface area contributed by atoms with E-state index in [0.29, 0.717) is 18.0 Å². The first-order valence-corrected chi connectivity index (χ1v) is 9.45. The van der Waals surface area contributed by atoms with Gasteiger partial charge in [-0.3, -0.25) is 4.79 Å². The monoisotopic (exact) mass is 393 g/mol. The second-order valence-electron chi connectivity index (χ2n) is 6.82. The summed E-state index contributed by atoms with van der Waals surface area (Å²) in [5.41, 5.74) is 3.33. The van der Waals surface area contributed by atoms with Crippen molar-refractivity contribution in [1.29, 1.82) is 0 Å². The number of benzene rings is 3. The number of rotatable bonds is 8. The number of carbonyl (C=O) groups is 1. The number of anilines is 1. The predicted octanol–water partition coefficient (Wildman–Crippen LogP) is 5.26. The van der Waals surface area contributed by atoms with Crippen LogP contribution in [0.15, 0.2) is 72.8 Å². The zero-order valence-electron chi connectivity index (χ0n) is 16.5. The van der Waals surface area contributed by atoms with Crippen molar-refractivity contribution in [3.05, 3.63) is 95.3 Å². The van der Waals surface area contributed by atoms with E-state index in [4.69, 9.17) is 9.47 Å². The number of amides is 1. The van der Waals surface area contributed by atoms with E-state index in [0.717, 1.165) is 16.7 Å². The molecule has 5 heteroatoms. The molecule has 1 amide bonds. The highest BCUT2D eigenvalue weighted by molar-refractivity contribution is 5.94. The normalized spacial score (nSPS) is 11.7. The molecule has 4 nitrogen and oxygen atoms in total. The number of nitrogens with one attached hydrogen (secondary N) is 1. The minimum atomic E-state index is -0.585. The van der Waals surface area contributed by atoms with Crippen LogP contribution in [-0.4, -0.2) is 12.0 Å². The Kier molecular flexibility index (Phi) is 6.98. The first-order chi connectivity index (χ1) is 14.0. The summed E-state index contributed by atoms with van der Waals surface area (Å²) in [4.78, 5) is 12.4. The Labute approximate surface area is 170 Å². The lowest BCUT2D eigenvalue weighted by molar-refractivity contribution is -0.127. The Hall–Kier alpha value is -3.18. The maximum Gasteiger partial charge on any atom is 0.253 e. The van der Waals surface area contributed by atoms with Gasteiger partial charge < -0.3 is 14.8 Å². The molecule has 0 aliphatic carbocycles. The molecule has 1 atom stereocenters. The van der Waals surface area contributed by atoms with Gasteiger partial charge in [-0.25, -0.2) is 4.39 Å². The maximum atomic E-state index is 13.2. The minimum Gasteiger partial charge on any atom is -0.489 e. The Morgan fingerprint density at radius 1 is 0.966 bits per heavy atom. The summed E-state index contributed by atoms with van der Waals surface area (Å²) in [6.45, 7) is 4.26. The Morgan fingerprint density at radius 2 is 1.72 bits per heavy atom. The number of hydrogen-bond donors (Lipinski definition) is 1. The first kappa shape index (κ1) is 20.6. The third-order valence-corrected chi connectivity index (χ3v) is 4.46. The van der Waals surface area contributed by atoms with Crippen LogP contribution in [0.25, 0.3) is 0 Å². The van der Waals surface area contributed by atoms with Crippen LogP contribution >= 0.6 is 0 Å². The van der Waals surface area contributed by atoms with Crippen LogP contribution in [0.4, 0.5) is 10.1 Å². The van der Waals surface area contributed by atoms with Gasteiger partial charge in [-0.15, -0.1) is 0 Å². The number of hydrogen-bond acceptors (Lipinski definition) is 3. The molecule has 0 aliphatic rings. The summed E-state index contributed by atoms with van der Waals surface area (Å²) in [5, 5.41) is 2.89. The third kappa shape index (κ3) is 6.16. The molecule has 1 unspecified atom stereocenters. The number of aryl methyl sites for hydroxylation is 1. The van der Waals surface area contributed by atoms with Crippen molar-refractivity contribution in [2.45, 2.75) is 33.2 Å². The molecular weight excluding hydrogens is 369 g/mol. The van der Waals surface area contributed by atoms with Gasteiger partial charge in [-0.2, -0.15) is 0 Å². The van der Waals surface area contributed by atoms with Crippen LogP contribution in [0.5, 0.6) is 5.75 Å². The van der Waals surface area contributed by atoms with Crippen molar-refractivity contribution < 1.29 is 18.7 Å². The summed E-state index contributed by atoms with van der Waals surface area (Å²) in [5.74, 6) is 0.152. The van der Waals surface area contributed by atoms with E-state index in [2.05, 4.69) is 5.32 Å². The topological polar surface area (TPSA) is 47.6 Å². The molecule has 3 aromatic rings. The van der Waals surface area contributed by atoms with E-state index >= 15 is 0 Å². The molecule has 0 aromatic heterocycles. The number of carbonyl (C=O) groups excluding carboxylic acids is 1. The zero-order chi connectivity index (χ0) is 20.6. The molecule has 0 bridgehead atoms. The van der Waals surface area contributed by atoms with Crippen LogP contribution < -0.4 is 10.1 Å². The SMILES string of the molecule is Cc1cc(OCc2cccc(F)c2)ccc1NC(=O)C(C)OCc1ccccc1. The van der Waals surface area contributed by atoms with Gasteiger partial charge in [0.2, 0.25) is 0 Å². The molecule has 0 spiro atoms. The summed E-state index contributed by atoms with van der Waals surface area (Å²) in [6.07, 6.45) is -0.585. The zero-order valence-corrected chi connectivity index (χ0v) is 16.5. The van der Waals surface area contributed by atoms with Crippen LogP contribution in [0.1, 0.15) is 23.6 Å². The average molecular weight is 393 g/mol. The maximum absolute atomic E-state index is 13.2. The van der Waals surface area contributed by atoms with Gasteiger partial charge in [0, 0.05) is 5.69 Å². The molecule has 0 radical (unpaired) electrons. The van der Waals surface area contributed by atoms with Gasteiger partial charge in [-0.05, 0) is 60.9 Å². The third-order valence-electron chi connectivity index (χ3n) is 4.46. The molecule has 0 saturated carbocycles. The van der Waals surface area contributed by atoms with Crippen LogP contribution in [0.3, 0.4) is 0 Å². The second kappa shape index (κ2) is 9.85. The summed E-state index contributed by atoms with van der Waals surface area (Å²) in [7, 11) is 0. The van der Waals surface area contributed by atoms with Crippen molar-refractivity contribution in [3.8, 4) is 5.75 Å². The standard InChI is InChI=1S/C24H24FNO3/c1-17-13-22(29-16-20-9-6-10-21(25)14-20)11-12-23(17)26-24(27)18(2)28-15-19-7-4-3-5-8-19/h3-14,18H,15-16H2,1-2H3,(H,26,27). The van der Waals surface area contributed by atoms with Crippen LogP contribution in [-0.2, 0) is 22.7 Å². The first-order valence-electron chi connectivity index (χ1n) is 9.45. The molecule has 0 heterocycles. The Bertz CT molecular complexity index is 959. The Balaban J connectivity index is 1.53. The van der Waals surface area contributed by atoms with E-state index in [9.17, 15) is 9.18 Å². The molecule has 3 aromatic carbocycles. The number of ether oxygens (including phenoxy) is 2. The van der Waals surface area contributed by atoms with Crippen molar-refractivity contribution in [1.82, 2.24) is 0 Å². The highest BCUT2D eigenvalue weighted by Crippen LogP contribution is 2.23. The Morgan fingerprint density at radius 3 is 2.45 bits per heavy atom. The fourth-order valence-electron chi connectivity index (χ4n) is 2.77. The lowest BCUT2D eigenvalue weighted by Crippen LogP contribution is -2.27. The molecule has 29 heavy (non-hydrogen) atoms. The lowest BCUT2D eigenvalue weighted by atomic mass is 10.2. The minimum absolute atomic E-state index is 0.211. The molecular formula is C24H24FNO3. The molecule has 0 fully saturated rings. The van der Waals surface area contributed by atoms with Gasteiger partial charge in [0.15, 0.2) is 0 Å². The largest absolute Gasteiger partial charge is 0.489 e. The highest BCUT2D eigenvalue weighted by Gasteiger charge is 2.15. The fourth-order valence-corrected chi connectivity index (χ4v) is 2.77.